The topological polar surface area (TPSA) is 86.9 Å². The van der Waals surface area contributed by atoms with Gasteiger partial charge in [0, 0.05) is 25.6 Å². The van der Waals surface area contributed by atoms with Crippen LogP contribution in [0.4, 0.5) is 0 Å². The smallest absolute Gasteiger partial charge is 0.246 e. The average molecular weight is 340 g/mol. The van der Waals surface area contributed by atoms with E-state index in [0.29, 0.717) is 12.8 Å². The van der Waals surface area contributed by atoms with E-state index < -0.39 is 6.04 Å². The molecule has 0 spiro atoms. The molecule has 6 heteroatoms. The number of rotatable bonds is 6. The van der Waals surface area contributed by atoms with Gasteiger partial charge in [0.05, 0.1) is 5.69 Å². The zero-order valence-electron chi connectivity index (χ0n) is 14.5. The first-order valence-electron chi connectivity index (χ1n) is 8.80. The van der Waals surface area contributed by atoms with Crippen LogP contribution in [0.2, 0.25) is 0 Å². The molecule has 0 fully saturated rings. The van der Waals surface area contributed by atoms with Crippen LogP contribution in [0.5, 0.6) is 0 Å². The predicted molar refractivity (Wildman–Crippen MR) is 94.9 cm³/mol. The standard InChI is InChI=1S/C19H24N4O2/c1-20-19(25)18(13-7-3-2-4-8-13)21-17(24)12-11-16-14-9-5-6-10-15(14)22-23-16/h2-4,7-8,18H,5-6,9-12H2,1H3,(H,20,25)(H,21,24)(H,22,23)/t18-/m1/s1. The van der Waals surface area contributed by atoms with E-state index in [9.17, 15) is 9.59 Å². The summed E-state index contributed by atoms with van der Waals surface area (Å²) in [5.74, 6) is -0.373. The molecule has 1 aromatic heterocycles. The summed E-state index contributed by atoms with van der Waals surface area (Å²) in [5, 5.41) is 12.9. The number of nitrogens with one attached hydrogen (secondary N) is 3. The van der Waals surface area contributed by atoms with Gasteiger partial charge in [-0.3, -0.25) is 14.7 Å². The van der Waals surface area contributed by atoms with Gasteiger partial charge in [-0.1, -0.05) is 30.3 Å². The van der Waals surface area contributed by atoms with Crippen molar-refractivity contribution in [2.75, 3.05) is 7.05 Å². The van der Waals surface area contributed by atoms with E-state index in [1.165, 1.54) is 24.1 Å². The van der Waals surface area contributed by atoms with Gasteiger partial charge in [0.2, 0.25) is 11.8 Å². The lowest BCUT2D eigenvalue weighted by atomic mass is 9.94. The van der Waals surface area contributed by atoms with Crippen LogP contribution in [0.3, 0.4) is 0 Å². The minimum absolute atomic E-state index is 0.148. The molecule has 25 heavy (non-hydrogen) atoms. The van der Waals surface area contributed by atoms with Crippen LogP contribution in [0.1, 0.15) is 47.8 Å². The minimum Gasteiger partial charge on any atom is -0.357 e. The lowest BCUT2D eigenvalue weighted by molar-refractivity contribution is -0.128. The molecule has 132 valence electrons. The fourth-order valence-corrected chi connectivity index (χ4v) is 3.31. The third-order valence-corrected chi connectivity index (χ3v) is 4.68. The summed E-state index contributed by atoms with van der Waals surface area (Å²) in [6.07, 6.45) is 5.36. The number of hydrogen-bond acceptors (Lipinski definition) is 3. The molecule has 3 rings (SSSR count). The fourth-order valence-electron chi connectivity index (χ4n) is 3.31. The van der Waals surface area contributed by atoms with Crippen LogP contribution in [-0.2, 0) is 28.9 Å². The second-order valence-electron chi connectivity index (χ2n) is 6.36. The van der Waals surface area contributed by atoms with E-state index >= 15 is 0 Å². The number of hydrogen-bond donors (Lipinski definition) is 3. The van der Waals surface area contributed by atoms with Gasteiger partial charge in [-0.05, 0) is 36.8 Å². The lowest BCUT2D eigenvalue weighted by Gasteiger charge is -2.17. The predicted octanol–water partition coefficient (Wildman–Crippen LogP) is 1.82. The van der Waals surface area contributed by atoms with Crippen molar-refractivity contribution in [3.63, 3.8) is 0 Å². The number of H-pyrrole nitrogens is 1. The highest BCUT2D eigenvalue weighted by molar-refractivity contribution is 5.88. The molecule has 2 amide bonds. The second-order valence-corrected chi connectivity index (χ2v) is 6.36. The fraction of sp³-hybridized carbons (Fsp3) is 0.421. The molecule has 0 radical (unpaired) electrons. The normalized spacial score (nSPS) is 14.4. The van der Waals surface area contributed by atoms with E-state index in [4.69, 9.17) is 0 Å². The summed E-state index contributed by atoms with van der Waals surface area (Å²) in [6, 6.07) is 8.59. The van der Waals surface area contributed by atoms with E-state index in [0.717, 1.165) is 24.1 Å². The van der Waals surface area contributed by atoms with Crippen LogP contribution in [-0.4, -0.2) is 29.1 Å². The molecule has 1 atom stereocenters. The molecule has 1 aromatic carbocycles. The molecular formula is C19H24N4O2. The van der Waals surface area contributed by atoms with Crippen molar-refractivity contribution in [1.29, 1.82) is 0 Å². The Morgan fingerprint density at radius 1 is 1.20 bits per heavy atom. The number of carbonyl (C=O) groups is 2. The maximum absolute atomic E-state index is 12.4. The summed E-state index contributed by atoms with van der Waals surface area (Å²) in [7, 11) is 1.57. The molecular weight excluding hydrogens is 316 g/mol. The zero-order chi connectivity index (χ0) is 17.6. The van der Waals surface area contributed by atoms with Crippen molar-refractivity contribution in [3.8, 4) is 0 Å². The van der Waals surface area contributed by atoms with E-state index in [-0.39, 0.29) is 11.8 Å². The minimum atomic E-state index is -0.674. The first kappa shape index (κ1) is 17.2. The molecule has 0 saturated heterocycles. The van der Waals surface area contributed by atoms with E-state index in [1.807, 2.05) is 30.3 Å². The van der Waals surface area contributed by atoms with Gasteiger partial charge in [0.15, 0.2) is 0 Å². The molecule has 2 aromatic rings. The van der Waals surface area contributed by atoms with Crippen LogP contribution < -0.4 is 10.6 Å². The Kier molecular flexibility index (Phi) is 5.48. The van der Waals surface area contributed by atoms with Crippen LogP contribution in [0.25, 0.3) is 0 Å². The molecule has 0 aliphatic heterocycles. The number of aromatic amines is 1. The Balaban J connectivity index is 1.62. The number of fused-ring (bicyclic) bond motifs is 1. The summed E-state index contributed by atoms with van der Waals surface area (Å²) in [5.41, 5.74) is 4.26. The highest BCUT2D eigenvalue weighted by Gasteiger charge is 2.22. The van der Waals surface area contributed by atoms with Crippen LogP contribution in [0.15, 0.2) is 30.3 Å². The average Bonchev–Trinajstić information content (AvgIpc) is 3.08. The number of aromatic nitrogens is 2. The Bertz CT molecular complexity index is 739. The largest absolute Gasteiger partial charge is 0.357 e. The molecule has 1 aliphatic carbocycles. The Morgan fingerprint density at radius 3 is 2.72 bits per heavy atom. The second kappa shape index (κ2) is 7.96. The molecule has 1 aliphatic rings. The molecule has 6 nitrogen and oxygen atoms in total. The molecule has 1 heterocycles. The summed E-state index contributed by atoms with van der Waals surface area (Å²) in [6.45, 7) is 0. The number of amides is 2. The quantitative estimate of drug-likeness (QED) is 0.750. The highest BCUT2D eigenvalue weighted by atomic mass is 16.2. The Labute approximate surface area is 147 Å². The first-order chi connectivity index (χ1) is 12.2. The van der Waals surface area contributed by atoms with Gasteiger partial charge in [-0.15, -0.1) is 0 Å². The van der Waals surface area contributed by atoms with Gasteiger partial charge in [0.1, 0.15) is 6.04 Å². The van der Waals surface area contributed by atoms with Gasteiger partial charge in [0.25, 0.3) is 0 Å². The molecule has 0 bridgehead atoms. The van der Waals surface area contributed by atoms with Crippen LogP contribution >= 0.6 is 0 Å². The van der Waals surface area contributed by atoms with Crippen LogP contribution in [0, 0.1) is 0 Å². The maximum atomic E-state index is 12.4. The maximum Gasteiger partial charge on any atom is 0.246 e. The monoisotopic (exact) mass is 340 g/mol. The third-order valence-electron chi connectivity index (χ3n) is 4.68. The SMILES string of the molecule is CNC(=O)[C@H](NC(=O)CCc1n[nH]c2c1CCCC2)c1ccccc1. The summed E-state index contributed by atoms with van der Waals surface area (Å²) >= 11 is 0. The lowest BCUT2D eigenvalue weighted by Crippen LogP contribution is -2.39. The van der Waals surface area contributed by atoms with Crippen molar-refractivity contribution in [3.05, 3.63) is 52.8 Å². The van der Waals surface area contributed by atoms with Gasteiger partial charge in [-0.2, -0.15) is 5.10 Å². The molecule has 0 unspecified atom stereocenters. The van der Waals surface area contributed by atoms with Gasteiger partial charge in [-0.25, -0.2) is 0 Å². The van der Waals surface area contributed by atoms with Crippen molar-refractivity contribution in [1.82, 2.24) is 20.8 Å². The number of likely N-dealkylation sites (N-methyl/N-ethyl adjacent to an activating group) is 1. The number of benzene rings is 1. The first-order valence-corrected chi connectivity index (χ1v) is 8.80. The summed E-state index contributed by atoms with van der Waals surface area (Å²) < 4.78 is 0. The highest BCUT2D eigenvalue weighted by Crippen LogP contribution is 2.23. The zero-order valence-corrected chi connectivity index (χ0v) is 14.5. The van der Waals surface area contributed by atoms with Crippen molar-refractivity contribution >= 4 is 11.8 Å². The number of aryl methyl sites for hydroxylation is 2. The van der Waals surface area contributed by atoms with Crippen molar-refractivity contribution in [2.24, 2.45) is 0 Å². The van der Waals surface area contributed by atoms with E-state index in [1.54, 1.807) is 7.05 Å². The molecule has 3 N–H and O–H groups in total. The third kappa shape index (κ3) is 4.07. The number of nitrogens with zero attached hydrogens (tertiary/aromatic N) is 1. The van der Waals surface area contributed by atoms with Crippen molar-refractivity contribution < 1.29 is 9.59 Å². The Morgan fingerprint density at radius 2 is 1.96 bits per heavy atom. The van der Waals surface area contributed by atoms with E-state index in [2.05, 4.69) is 20.8 Å². The molecule has 0 saturated carbocycles. The van der Waals surface area contributed by atoms with Crippen molar-refractivity contribution in [2.45, 2.75) is 44.6 Å². The summed E-state index contributed by atoms with van der Waals surface area (Å²) in [4.78, 5) is 24.5. The van der Waals surface area contributed by atoms with Gasteiger partial charge < -0.3 is 10.6 Å². The van der Waals surface area contributed by atoms with Gasteiger partial charge >= 0.3 is 0 Å². The number of carbonyl (C=O) groups excluding carboxylic acids is 2. The Hall–Kier alpha value is -2.63.